The van der Waals surface area contributed by atoms with Crippen molar-refractivity contribution in [2.45, 2.75) is 18.4 Å². The Labute approximate surface area is 233 Å². The van der Waals surface area contributed by atoms with Crippen LogP contribution in [-0.4, -0.2) is 22.9 Å². The number of nitrogens with zero attached hydrogens (tertiary/aromatic N) is 4. The quantitative estimate of drug-likeness (QED) is 0.376. The van der Waals surface area contributed by atoms with Gasteiger partial charge in [-0.25, -0.2) is 10.0 Å². The number of nitrogens with one attached hydrogen (secondary N) is 1. The lowest BCUT2D eigenvalue weighted by molar-refractivity contribution is -0.113. The van der Waals surface area contributed by atoms with E-state index in [2.05, 4.69) is 36.0 Å². The van der Waals surface area contributed by atoms with E-state index in [0.29, 0.717) is 38.5 Å². The Balaban J connectivity index is 1.64. The first-order valence-corrected chi connectivity index (χ1v) is 14.2. The highest BCUT2D eigenvalue weighted by molar-refractivity contribution is 8.08. The van der Waals surface area contributed by atoms with Crippen molar-refractivity contribution in [3.63, 3.8) is 0 Å². The summed E-state index contributed by atoms with van der Waals surface area (Å²) in [4.78, 5) is 36.0. The molecule has 1 aromatic heterocycles. The van der Waals surface area contributed by atoms with Crippen LogP contribution in [0.3, 0.4) is 0 Å². The van der Waals surface area contributed by atoms with Crippen LogP contribution in [0, 0.1) is 0 Å². The highest BCUT2D eigenvalue weighted by Crippen LogP contribution is 2.45. The summed E-state index contributed by atoms with van der Waals surface area (Å²) in [6.07, 6.45) is 1.68. The Hall–Kier alpha value is -4.34. The number of hydrazine groups is 1. The molecule has 39 heavy (non-hydrogen) atoms. The molecule has 7 nitrogen and oxygen atoms in total. The van der Waals surface area contributed by atoms with Crippen LogP contribution in [0.25, 0.3) is 10.6 Å². The summed E-state index contributed by atoms with van der Waals surface area (Å²) in [5.41, 5.74) is 5.85. The van der Waals surface area contributed by atoms with Gasteiger partial charge in [-0.05, 0) is 43.3 Å². The van der Waals surface area contributed by atoms with Crippen LogP contribution < -0.4 is 30.1 Å². The number of rotatable bonds is 5. The molecule has 3 heterocycles. The van der Waals surface area contributed by atoms with Crippen LogP contribution in [0.1, 0.15) is 6.92 Å². The molecule has 6 rings (SSSR count). The topological polar surface area (TPSA) is 69.9 Å². The molecule has 0 saturated carbocycles. The van der Waals surface area contributed by atoms with E-state index in [-0.39, 0.29) is 18.0 Å². The van der Waals surface area contributed by atoms with E-state index in [9.17, 15) is 9.59 Å². The Kier molecular flexibility index (Phi) is 6.68. The summed E-state index contributed by atoms with van der Waals surface area (Å²) in [6, 6.07) is 26.9. The number of amides is 1. The first-order chi connectivity index (χ1) is 19.1. The van der Waals surface area contributed by atoms with Gasteiger partial charge in [0.1, 0.15) is 19.8 Å². The minimum atomic E-state index is -0.277. The second-order valence-electron chi connectivity index (χ2n) is 8.82. The molecule has 0 spiro atoms. The molecular formula is C30H25N5O2S2. The molecule has 4 aromatic rings. The number of hydrogen-bond acceptors (Lipinski definition) is 6. The molecule has 0 atom stereocenters. The molecule has 2 aliphatic rings. The number of anilines is 2. The number of thioether (sulfide) groups is 1. The summed E-state index contributed by atoms with van der Waals surface area (Å²) >= 11 is 2.91. The maximum absolute atomic E-state index is 14.0. The Morgan fingerprint density at radius 3 is 2.36 bits per heavy atom. The highest BCUT2D eigenvalue weighted by Gasteiger charge is 2.36. The smallest absolute Gasteiger partial charge is 0.283 e. The summed E-state index contributed by atoms with van der Waals surface area (Å²) in [7, 11) is 0. The average molecular weight is 552 g/mol. The van der Waals surface area contributed by atoms with Crippen molar-refractivity contribution in [1.82, 2.24) is 9.99 Å². The zero-order chi connectivity index (χ0) is 26.9. The van der Waals surface area contributed by atoms with Crippen molar-refractivity contribution in [2.24, 2.45) is 4.99 Å². The number of benzene rings is 3. The third-order valence-corrected chi connectivity index (χ3v) is 8.91. The van der Waals surface area contributed by atoms with Crippen molar-refractivity contribution in [2.75, 3.05) is 16.5 Å². The number of thiazole rings is 1. The van der Waals surface area contributed by atoms with Crippen molar-refractivity contribution < 1.29 is 4.79 Å². The number of aliphatic imine (C=N–C) groups is 1. The average Bonchev–Trinajstić information content (AvgIpc) is 3.60. The van der Waals surface area contributed by atoms with E-state index in [1.165, 1.54) is 16.3 Å². The van der Waals surface area contributed by atoms with Crippen molar-refractivity contribution in [1.29, 1.82) is 0 Å². The molecule has 0 radical (unpaired) electrons. The van der Waals surface area contributed by atoms with Gasteiger partial charge < -0.3 is 4.90 Å². The molecule has 2 aliphatic heterocycles. The van der Waals surface area contributed by atoms with Gasteiger partial charge in [-0.2, -0.15) is 0 Å². The molecule has 1 fully saturated rings. The van der Waals surface area contributed by atoms with E-state index in [1.807, 2.05) is 72.8 Å². The van der Waals surface area contributed by atoms with E-state index >= 15 is 0 Å². The standard InChI is InChI=1S/C30H25N5O2S2/c1-3-19-34-28(37)25(30-33(4-2)22-17-11-12-18-23(22)38-30)39-29(34)24-26(31-20-13-7-5-8-14-20)32-35(27(24)36)21-15-9-6-10-16-21/h3,5-18H,1,4,19H2,2H3,(H,31,32). The first-order valence-electron chi connectivity index (χ1n) is 12.5. The predicted molar refractivity (Wildman–Crippen MR) is 161 cm³/mol. The van der Waals surface area contributed by atoms with Crippen LogP contribution in [0.2, 0.25) is 0 Å². The van der Waals surface area contributed by atoms with Crippen molar-refractivity contribution in [3.8, 4) is 0 Å². The summed E-state index contributed by atoms with van der Waals surface area (Å²) in [5.74, 6) is 0.113. The molecular weight excluding hydrogens is 526 g/mol. The fourth-order valence-corrected chi connectivity index (χ4v) is 7.18. The highest BCUT2D eigenvalue weighted by atomic mass is 32.2. The Morgan fingerprint density at radius 2 is 1.64 bits per heavy atom. The second kappa shape index (κ2) is 10.4. The van der Waals surface area contributed by atoms with Gasteiger partial charge in [0, 0.05) is 18.0 Å². The molecule has 9 heteroatoms. The number of para-hydroxylation sites is 3. The Bertz CT molecular complexity index is 1790. The van der Waals surface area contributed by atoms with E-state index in [1.54, 1.807) is 22.4 Å². The lowest BCUT2D eigenvalue weighted by Gasteiger charge is -2.16. The minimum Gasteiger partial charge on any atom is -0.334 e. The van der Waals surface area contributed by atoms with Gasteiger partial charge in [0.2, 0.25) is 0 Å². The largest absolute Gasteiger partial charge is 0.334 e. The second-order valence-corrected chi connectivity index (χ2v) is 10.8. The number of carbonyl (C=O) groups excluding carboxylic acids is 1. The number of carbonyl (C=O) groups is 1. The van der Waals surface area contributed by atoms with Gasteiger partial charge in [-0.1, -0.05) is 66.4 Å². The molecule has 1 amide bonds. The molecule has 0 aliphatic carbocycles. The van der Waals surface area contributed by atoms with Gasteiger partial charge in [-0.3, -0.25) is 19.6 Å². The fourth-order valence-electron chi connectivity index (χ4n) is 4.63. The minimum absolute atomic E-state index is 0.152. The van der Waals surface area contributed by atoms with Gasteiger partial charge in [0.25, 0.3) is 11.5 Å². The van der Waals surface area contributed by atoms with Crippen LogP contribution in [-0.2, 0) is 11.3 Å². The SMILES string of the molecule is C=CCn1c(=C2C(=O)N(c3ccccc3)NC2=Nc2ccccc2)sc(=C2Sc3ccccc3N2CC)c1=O. The number of aromatic nitrogens is 1. The molecule has 1 saturated heterocycles. The zero-order valence-corrected chi connectivity index (χ0v) is 22.8. The van der Waals surface area contributed by atoms with Gasteiger partial charge >= 0.3 is 0 Å². The summed E-state index contributed by atoms with van der Waals surface area (Å²) in [5, 5.41) is 2.35. The Morgan fingerprint density at radius 1 is 0.949 bits per heavy atom. The molecule has 1 N–H and O–H groups in total. The molecule has 3 aromatic carbocycles. The third kappa shape index (κ3) is 4.39. The van der Waals surface area contributed by atoms with Gasteiger partial charge in [0.15, 0.2) is 5.84 Å². The monoisotopic (exact) mass is 551 g/mol. The third-order valence-electron chi connectivity index (χ3n) is 6.41. The van der Waals surface area contributed by atoms with E-state index in [0.717, 1.165) is 15.6 Å². The lowest BCUT2D eigenvalue weighted by Crippen LogP contribution is -2.36. The fraction of sp³-hybridized carbons (Fsp3) is 0.100. The maximum atomic E-state index is 14.0. The summed E-state index contributed by atoms with van der Waals surface area (Å²) < 4.78 is 2.76. The van der Waals surface area contributed by atoms with Crippen LogP contribution in [0.5, 0.6) is 0 Å². The number of hydrogen-bond donors (Lipinski definition) is 1. The van der Waals surface area contributed by atoms with Crippen molar-refractivity contribution in [3.05, 3.63) is 117 Å². The van der Waals surface area contributed by atoms with Crippen LogP contribution in [0.15, 0.2) is 112 Å². The lowest BCUT2D eigenvalue weighted by atomic mass is 10.2. The molecule has 0 unspecified atom stereocenters. The van der Waals surface area contributed by atoms with E-state index in [4.69, 9.17) is 4.99 Å². The number of amidine groups is 1. The number of fused-ring (bicyclic) bond motifs is 1. The van der Waals surface area contributed by atoms with Gasteiger partial charge in [-0.15, -0.1) is 17.9 Å². The normalized spacial score (nSPS) is 18.5. The van der Waals surface area contributed by atoms with E-state index < -0.39 is 0 Å². The number of allylic oxidation sites excluding steroid dienone is 1. The zero-order valence-electron chi connectivity index (χ0n) is 21.2. The summed E-state index contributed by atoms with van der Waals surface area (Å²) in [6.45, 7) is 6.93. The maximum Gasteiger partial charge on any atom is 0.283 e. The van der Waals surface area contributed by atoms with Gasteiger partial charge in [0.05, 0.1) is 17.1 Å². The van der Waals surface area contributed by atoms with Crippen LogP contribution in [0.4, 0.5) is 17.1 Å². The van der Waals surface area contributed by atoms with Crippen molar-refractivity contribution >= 4 is 62.5 Å². The molecule has 0 bridgehead atoms. The first kappa shape index (κ1) is 25.0. The van der Waals surface area contributed by atoms with Crippen LogP contribution >= 0.6 is 23.1 Å². The molecule has 194 valence electrons. The predicted octanol–water partition coefficient (Wildman–Crippen LogP) is 4.23.